The summed E-state index contributed by atoms with van der Waals surface area (Å²) in [6.07, 6.45) is 2.24. The maximum Gasteiger partial charge on any atom is 0.337 e. The van der Waals surface area contributed by atoms with Crippen molar-refractivity contribution in [2.75, 3.05) is 0 Å². The molecule has 1 aliphatic rings. The molecule has 2 heterocycles. The lowest BCUT2D eigenvalue weighted by molar-refractivity contribution is 0.0698. The van der Waals surface area contributed by atoms with Crippen LogP contribution in [0.3, 0.4) is 0 Å². The second kappa shape index (κ2) is 7.78. The highest BCUT2D eigenvalue weighted by Crippen LogP contribution is 2.46. The number of rotatable bonds is 5. The second-order valence-electron chi connectivity index (χ2n) is 8.49. The number of aromatic carboxylic acids is 1. The molecule has 1 saturated carbocycles. The number of hydrogen-bond donors (Lipinski definition) is 2. The molecular formula is C26H20N4O3S. The molecule has 2 aromatic heterocycles. The number of benzene rings is 3. The highest BCUT2D eigenvalue weighted by atomic mass is 32.1. The number of nitrogens with one attached hydrogen (secondary N) is 1. The normalized spacial score (nSPS) is 13.4. The van der Waals surface area contributed by atoms with Gasteiger partial charge in [0.05, 0.1) is 16.6 Å². The molecule has 3 aromatic carbocycles. The van der Waals surface area contributed by atoms with Crippen LogP contribution in [0.4, 0.5) is 0 Å². The predicted molar refractivity (Wildman–Crippen MR) is 131 cm³/mol. The Morgan fingerprint density at radius 1 is 1.06 bits per heavy atom. The van der Waals surface area contributed by atoms with Gasteiger partial charge in [-0.2, -0.15) is 4.98 Å². The Labute approximate surface area is 199 Å². The molecule has 7 nitrogen and oxygen atoms in total. The summed E-state index contributed by atoms with van der Waals surface area (Å²) in [6, 6.07) is 19.5. The summed E-state index contributed by atoms with van der Waals surface area (Å²) in [4.78, 5) is 21.0. The average molecular weight is 469 g/mol. The molecule has 0 atom stereocenters. The van der Waals surface area contributed by atoms with E-state index < -0.39 is 5.97 Å². The number of nitrogens with zero attached hydrogens (tertiary/aromatic N) is 3. The van der Waals surface area contributed by atoms with Crippen LogP contribution in [0.5, 0.6) is 0 Å². The molecule has 0 spiro atoms. The van der Waals surface area contributed by atoms with Crippen molar-refractivity contribution >= 4 is 29.2 Å². The van der Waals surface area contributed by atoms with E-state index in [0.29, 0.717) is 22.8 Å². The topological polar surface area (TPSA) is 96.9 Å². The van der Waals surface area contributed by atoms with Crippen LogP contribution in [0.15, 0.2) is 65.2 Å². The number of carboxylic acid groups (broad SMARTS) is 1. The van der Waals surface area contributed by atoms with Crippen LogP contribution >= 0.6 is 12.2 Å². The van der Waals surface area contributed by atoms with Crippen LogP contribution in [0, 0.1) is 11.8 Å². The molecule has 0 aliphatic heterocycles. The van der Waals surface area contributed by atoms with Gasteiger partial charge in [0.25, 0.3) is 0 Å². The molecule has 0 radical (unpaired) electrons. The number of carboxylic acids is 1. The van der Waals surface area contributed by atoms with Gasteiger partial charge in [0.1, 0.15) is 5.82 Å². The molecule has 0 unspecified atom stereocenters. The van der Waals surface area contributed by atoms with E-state index in [1.807, 2.05) is 41.8 Å². The molecule has 0 bridgehead atoms. The molecule has 6 rings (SSSR count). The molecule has 5 aromatic rings. The molecular weight excluding hydrogens is 448 g/mol. The summed E-state index contributed by atoms with van der Waals surface area (Å²) in [5.41, 5.74) is 6.70. The first-order chi connectivity index (χ1) is 16.5. The second-order valence-corrected chi connectivity index (χ2v) is 8.84. The molecule has 8 heteroatoms. The minimum absolute atomic E-state index is 0.166. The summed E-state index contributed by atoms with van der Waals surface area (Å²) in [6.45, 7) is 1.90. The molecule has 34 heavy (non-hydrogen) atoms. The zero-order chi connectivity index (χ0) is 23.4. The van der Waals surface area contributed by atoms with E-state index in [1.165, 1.54) is 5.56 Å². The molecule has 1 fully saturated rings. The van der Waals surface area contributed by atoms with Crippen molar-refractivity contribution < 1.29 is 14.4 Å². The predicted octanol–water partition coefficient (Wildman–Crippen LogP) is 6.29. The van der Waals surface area contributed by atoms with E-state index in [9.17, 15) is 9.90 Å². The summed E-state index contributed by atoms with van der Waals surface area (Å²) < 4.78 is 7.11. The first kappa shape index (κ1) is 20.6. The number of carbonyl (C=O) groups is 1. The van der Waals surface area contributed by atoms with E-state index in [0.717, 1.165) is 41.0 Å². The van der Waals surface area contributed by atoms with Gasteiger partial charge in [-0.1, -0.05) is 36.4 Å². The Morgan fingerprint density at radius 3 is 2.56 bits per heavy atom. The van der Waals surface area contributed by atoms with Crippen molar-refractivity contribution in [3.8, 4) is 28.2 Å². The number of aryl methyl sites for hydroxylation is 1. The highest BCUT2D eigenvalue weighted by Gasteiger charge is 2.28. The van der Waals surface area contributed by atoms with Crippen LogP contribution in [-0.2, 0) is 0 Å². The summed E-state index contributed by atoms with van der Waals surface area (Å²) >= 11 is 5.05. The fourth-order valence-corrected chi connectivity index (χ4v) is 4.80. The number of aromatic nitrogens is 4. The van der Waals surface area contributed by atoms with E-state index in [2.05, 4.69) is 33.3 Å². The first-order valence-electron chi connectivity index (χ1n) is 11.0. The summed E-state index contributed by atoms with van der Waals surface area (Å²) in [5, 5.41) is 12.6. The monoisotopic (exact) mass is 468 g/mol. The van der Waals surface area contributed by atoms with Crippen molar-refractivity contribution in [1.29, 1.82) is 0 Å². The lowest BCUT2D eigenvalue weighted by atomic mass is 9.92. The van der Waals surface area contributed by atoms with Gasteiger partial charge in [0.15, 0.2) is 5.82 Å². The van der Waals surface area contributed by atoms with Crippen LogP contribution in [-0.4, -0.2) is 30.8 Å². The summed E-state index contributed by atoms with van der Waals surface area (Å²) in [5.74, 6) is 0.820. The number of H-pyrrole nitrogens is 1. The zero-order valence-electron chi connectivity index (χ0n) is 18.3. The van der Waals surface area contributed by atoms with Gasteiger partial charge >= 0.3 is 10.8 Å². The van der Waals surface area contributed by atoms with Gasteiger partial charge in [-0.3, -0.25) is 4.57 Å². The minimum Gasteiger partial charge on any atom is -0.478 e. The Morgan fingerprint density at radius 2 is 1.85 bits per heavy atom. The van der Waals surface area contributed by atoms with Crippen LogP contribution in [0.25, 0.3) is 39.2 Å². The van der Waals surface area contributed by atoms with Gasteiger partial charge in [-0.25, -0.2) is 14.9 Å². The average Bonchev–Trinajstić information content (AvgIpc) is 3.51. The largest absolute Gasteiger partial charge is 0.478 e. The van der Waals surface area contributed by atoms with Crippen LogP contribution in [0.2, 0.25) is 0 Å². The van der Waals surface area contributed by atoms with Crippen molar-refractivity contribution in [2.24, 2.45) is 0 Å². The van der Waals surface area contributed by atoms with Gasteiger partial charge in [0.2, 0.25) is 0 Å². The Kier molecular flexibility index (Phi) is 4.70. The van der Waals surface area contributed by atoms with Gasteiger partial charge in [0, 0.05) is 11.3 Å². The van der Waals surface area contributed by atoms with Crippen molar-refractivity contribution in [3.05, 3.63) is 82.5 Å². The van der Waals surface area contributed by atoms with E-state index in [4.69, 9.17) is 16.7 Å². The van der Waals surface area contributed by atoms with Gasteiger partial charge in [-0.15, -0.1) is 0 Å². The van der Waals surface area contributed by atoms with E-state index in [-0.39, 0.29) is 10.4 Å². The third-order valence-electron chi connectivity index (χ3n) is 6.30. The fourth-order valence-electron chi connectivity index (χ4n) is 4.67. The molecule has 0 amide bonds. The first-order valence-corrected chi connectivity index (χ1v) is 11.4. The summed E-state index contributed by atoms with van der Waals surface area (Å²) in [7, 11) is 0. The van der Waals surface area contributed by atoms with E-state index in [1.54, 1.807) is 12.1 Å². The molecule has 168 valence electrons. The number of aromatic amines is 1. The van der Waals surface area contributed by atoms with Gasteiger partial charge < -0.3 is 9.63 Å². The SMILES string of the molecule is Cc1nc2cccc(C(=O)O)c2n1-c1ccc(-c2ccccc2-c2nc(=S)o[nH]2)c(C2CC2)c1. The van der Waals surface area contributed by atoms with Gasteiger partial charge in [-0.05, 0) is 78.9 Å². The van der Waals surface area contributed by atoms with Crippen LogP contribution in [0.1, 0.15) is 40.5 Å². The van der Waals surface area contributed by atoms with Crippen molar-refractivity contribution in [1.82, 2.24) is 19.7 Å². The maximum absolute atomic E-state index is 11.9. The highest BCUT2D eigenvalue weighted by molar-refractivity contribution is 7.71. The number of para-hydroxylation sites is 1. The quantitative estimate of drug-likeness (QED) is 0.294. The fraction of sp³-hybridized carbons (Fsp3) is 0.154. The Bertz CT molecular complexity index is 1640. The smallest absolute Gasteiger partial charge is 0.337 e. The Hall–Kier alpha value is -4.04. The van der Waals surface area contributed by atoms with E-state index >= 15 is 0 Å². The van der Waals surface area contributed by atoms with Crippen LogP contribution < -0.4 is 0 Å². The lowest BCUT2D eigenvalue weighted by Crippen LogP contribution is -2.04. The zero-order valence-corrected chi connectivity index (χ0v) is 19.1. The molecule has 1 aliphatic carbocycles. The Balaban J connectivity index is 1.56. The third kappa shape index (κ3) is 3.34. The molecule has 2 N–H and O–H groups in total. The lowest BCUT2D eigenvalue weighted by Gasteiger charge is -2.16. The standard InChI is InChI=1S/C26H20N4O3S/c1-14-27-22-8-4-7-20(25(31)32)23(22)30(14)16-11-12-18(21(13-16)15-9-10-15)17-5-2-3-6-19(17)24-28-26(34)33-29-24/h2-8,11-13,15H,9-10H2,1H3,(H,31,32)(H,28,29,34). The molecule has 0 saturated heterocycles. The third-order valence-corrected chi connectivity index (χ3v) is 6.47. The maximum atomic E-state index is 11.9. The minimum atomic E-state index is -0.968. The number of fused-ring (bicyclic) bond motifs is 1. The number of hydrogen-bond acceptors (Lipinski definition) is 5. The van der Waals surface area contributed by atoms with Crippen molar-refractivity contribution in [3.63, 3.8) is 0 Å². The number of imidazole rings is 1. The van der Waals surface area contributed by atoms with Crippen molar-refractivity contribution in [2.45, 2.75) is 25.7 Å².